The van der Waals surface area contributed by atoms with E-state index in [1.54, 1.807) is 6.20 Å². The van der Waals surface area contributed by atoms with Crippen molar-refractivity contribution in [1.82, 2.24) is 14.9 Å². The number of thioether (sulfide) groups is 1. The Morgan fingerprint density at radius 2 is 2.05 bits per heavy atom. The lowest BCUT2D eigenvalue weighted by Gasteiger charge is -2.56. The normalized spacial score (nSPS) is 24.0. The molecule has 0 aliphatic carbocycles. The smallest absolute Gasteiger partial charge is 0.410 e. The van der Waals surface area contributed by atoms with Crippen molar-refractivity contribution in [1.29, 1.82) is 0 Å². The molecule has 7 heteroatoms. The molecule has 2 bridgehead atoms. The topological polar surface area (TPSA) is 58.6 Å². The van der Waals surface area contributed by atoms with Crippen molar-refractivity contribution >= 4 is 23.7 Å². The van der Waals surface area contributed by atoms with Crippen molar-refractivity contribution in [3.8, 4) is 0 Å². The summed E-state index contributed by atoms with van der Waals surface area (Å²) in [4.78, 5) is 25.1. The van der Waals surface area contributed by atoms with Crippen LogP contribution in [0.25, 0.3) is 0 Å². The molecule has 6 nitrogen and oxygen atoms in total. The minimum Gasteiger partial charge on any atom is -0.444 e. The van der Waals surface area contributed by atoms with Gasteiger partial charge in [0.2, 0.25) is 0 Å². The molecule has 3 aliphatic heterocycles. The third-order valence-electron chi connectivity index (χ3n) is 3.92. The maximum absolute atomic E-state index is 12.3. The van der Waals surface area contributed by atoms with E-state index in [0.29, 0.717) is 0 Å². The number of ether oxygens (including phenoxy) is 1. The summed E-state index contributed by atoms with van der Waals surface area (Å²) in [5, 5.41) is 0.778. The van der Waals surface area contributed by atoms with E-state index in [4.69, 9.17) is 4.74 Å². The zero-order chi connectivity index (χ0) is 15.9. The van der Waals surface area contributed by atoms with Gasteiger partial charge in [0.25, 0.3) is 0 Å². The molecule has 0 saturated carbocycles. The van der Waals surface area contributed by atoms with Gasteiger partial charge in [0, 0.05) is 19.3 Å². The average molecular weight is 322 g/mol. The van der Waals surface area contributed by atoms with Crippen LogP contribution in [0.1, 0.15) is 27.2 Å². The Balaban J connectivity index is 1.66. The van der Waals surface area contributed by atoms with E-state index >= 15 is 0 Å². The Morgan fingerprint density at radius 3 is 2.64 bits per heavy atom. The lowest BCUT2D eigenvalue weighted by Crippen LogP contribution is -2.70. The Morgan fingerprint density at radius 1 is 1.36 bits per heavy atom. The summed E-state index contributed by atoms with van der Waals surface area (Å²) in [7, 11) is 0. The second-order valence-electron chi connectivity index (χ2n) is 6.74. The molecule has 0 spiro atoms. The molecular weight excluding hydrogens is 300 g/mol. The van der Waals surface area contributed by atoms with Crippen molar-refractivity contribution in [2.75, 3.05) is 24.2 Å². The molecular formula is C15H22N4O2S. The van der Waals surface area contributed by atoms with Gasteiger partial charge in [0.1, 0.15) is 11.4 Å². The van der Waals surface area contributed by atoms with Gasteiger partial charge in [0.05, 0.1) is 12.1 Å². The molecule has 1 aromatic rings. The van der Waals surface area contributed by atoms with Crippen LogP contribution in [-0.4, -0.2) is 58.0 Å². The minimum absolute atomic E-state index is 0.194. The van der Waals surface area contributed by atoms with E-state index in [0.717, 1.165) is 30.5 Å². The number of aromatic nitrogens is 2. The van der Waals surface area contributed by atoms with Gasteiger partial charge in [-0.3, -0.25) is 4.90 Å². The SMILES string of the molecule is CSc1nccc(N2CC3CC(C2)N3C(=O)OC(C)(C)C)n1. The van der Waals surface area contributed by atoms with Crippen molar-refractivity contribution in [2.24, 2.45) is 0 Å². The first kappa shape index (κ1) is 15.4. The number of hydrogen-bond donors (Lipinski definition) is 0. The van der Waals surface area contributed by atoms with E-state index in [1.807, 2.05) is 38.0 Å². The molecule has 3 saturated heterocycles. The van der Waals surface area contributed by atoms with Crippen LogP contribution in [0.4, 0.5) is 10.6 Å². The quantitative estimate of drug-likeness (QED) is 0.615. The van der Waals surface area contributed by atoms with E-state index in [1.165, 1.54) is 11.8 Å². The zero-order valence-electron chi connectivity index (χ0n) is 13.4. The molecule has 3 aliphatic rings. The first-order valence-electron chi connectivity index (χ1n) is 7.50. The Labute approximate surface area is 135 Å². The van der Waals surface area contributed by atoms with Gasteiger partial charge in [-0.05, 0) is 39.5 Å². The lowest BCUT2D eigenvalue weighted by atomic mass is 9.88. The first-order chi connectivity index (χ1) is 10.4. The fourth-order valence-electron chi connectivity index (χ4n) is 3.02. The molecule has 0 radical (unpaired) electrons. The van der Waals surface area contributed by atoms with Gasteiger partial charge < -0.3 is 9.64 Å². The van der Waals surface area contributed by atoms with Crippen molar-refractivity contribution < 1.29 is 9.53 Å². The fraction of sp³-hybridized carbons (Fsp3) is 0.667. The van der Waals surface area contributed by atoms with Crippen LogP contribution in [0.3, 0.4) is 0 Å². The van der Waals surface area contributed by atoms with Gasteiger partial charge in [-0.2, -0.15) is 0 Å². The first-order valence-corrected chi connectivity index (χ1v) is 8.73. The number of rotatable bonds is 2. The third kappa shape index (κ3) is 2.99. The van der Waals surface area contributed by atoms with Gasteiger partial charge in [-0.1, -0.05) is 11.8 Å². The van der Waals surface area contributed by atoms with Crippen molar-refractivity contribution in [3.05, 3.63) is 12.3 Å². The summed E-state index contributed by atoms with van der Waals surface area (Å²) in [5.41, 5.74) is -0.444. The number of carbonyl (C=O) groups excluding carboxylic acids is 1. The maximum Gasteiger partial charge on any atom is 0.410 e. The highest BCUT2D eigenvalue weighted by molar-refractivity contribution is 7.98. The second-order valence-corrected chi connectivity index (χ2v) is 7.51. The molecule has 2 atom stereocenters. The highest BCUT2D eigenvalue weighted by Gasteiger charge is 2.49. The zero-order valence-corrected chi connectivity index (χ0v) is 14.3. The summed E-state index contributed by atoms with van der Waals surface area (Å²) in [6.45, 7) is 7.31. The number of nitrogens with zero attached hydrogens (tertiary/aromatic N) is 4. The largest absolute Gasteiger partial charge is 0.444 e. The predicted molar refractivity (Wildman–Crippen MR) is 86.3 cm³/mol. The van der Waals surface area contributed by atoms with Crippen LogP contribution < -0.4 is 4.90 Å². The monoisotopic (exact) mass is 322 g/mol. The standard InChI is InChI=1S/C15H22N4O2S/c1-15(2,3)21-14(20)19-10-7-11(19)9-18(8-10)12-5-6-16-13(17-12)22-4/h5-6,10-11H,7-9H2,1-4H3. The summed E-state index contributed by atoms with van der Waals surface area (Å²) >= 11 is 1.54. The lowest BCUT2D eigenvalue weighted by molar-refractivity contribution is -0.0380. The minimum atomic E-state index is -0.444. The van der Waals surface area contributed by atoms with Gasteiger partial charge >= 0.3 is 6.09 Å². The molecule has 0 aromatic carbocycles. The molecule has 2 unspecified atom stereocenters. The molecule has 120 valence electrons. The predicted octanol–water partition coefficient (Wildman–Crippen LogP) is 2.40. The van der Waals surface area contributed by atoms with Gasteiger partial charge in [0.15, 0.2) is 5.16 Å². The molecule has 1 aromatic heterocycles. The maximum atomic E-state index is 12.3. The van der Waals surface area contributed by atoms with E-state index in [2.05, 4.69) is 14.9 Å². The number of piperazine rings is 1. The molecule has 0 N–H and O–H groups in total. The number of amides is 1. The van der Waals surface area contributed by atoms with Crippen molar-refractivity contribution in [3.63, 3.8) is 0 Å². The average Bonchev–Trinajstić information content (AvgIpc) is 2.45. The molecule has 3 fully saturated rings. The Hall–Kier alpha value is -1.50. The summed E-state index contributed by atoms with van der Waals surface area (Å²) in [6.07, 6.45) is 4.62. The molecule has 4 rings (SSSR count). The molecule has 1 amide bonds. The number of fused-ring (bicyclic) bond motifs is 2. The van der Waals surface area contributed by atoms with Crippen LogP contribution in [0.2, 0.25) is 0 Å². The molecule has 22 heavy (non-hydrogen) atoms. The summed E-state index contributed by atoms with van der Waals surface area (Å²) < 4.78 is 5.49. The number of hydrogen-bond acceptors (Lipinski definition) is 6. The van der Waals surface area contributed by atoms with Crippen LogP contribution in [-0.2, 0) is 4.74 Å². The second kappa shape index (κ2) is 5.61. The third-order valence-corrected chi connectivity index (χ3v) is 4.48. The summed E-state index contributed by atoms with van der Waals surface area (Å²) in [5.74, 6) is 0.942. The van der Waals surface area contributed by atoms with Crippen LogP contribution in [0.15, 0.2) is 17.4 Å². The Kier molecular flexibility index (Phi) is 3.92. The van der Waals surface area contributed by atoms with Crippen LogP contribution in [0, 0.1) is 0 Å². The number of carbonyl (C=O) groups is 1. The van der Waals surface area contributed by atoms with E-state index in [-0.39, 0.29) is 18.2 Å². The fourth-order valence-corrected chi connectivity index (χ4v) is 3.37. The Bertz CT molecular complexity index is 563. The van der Waals surface area contributed by atoms with Gasteiger partial charge in [-0.25, -0.2) is 14.8 Å². The van der Waals surface area contributed by atoms with Crippen LogP contribution in [0.5, 0.6) is 0 Å². The highest BCUT2D eigenvalue weighted by Crippen LogP contribution is 2.35. The van der Waals surface area contributed by atoms with Gasteiger partial charge in [-0.15, -0.1) is 0 Å². The molecule has 4 heterocycles. The van der Waals surface area contributed by atoms with E-state index in [9.17, 15) is 4.79 Å². The number of anilines is 1. The number of piperidine rings is 1. The summed E-state index contributed by atoms with van der Waals surface area (Å²) in [6, 6.07) is 2.38. The van der Waals surface area contributed by atoms with Crippen molar-refractivity contribution in [2.45, 2.75) is 50.0 Å². The highest BCUT2D eigenvalue weighted by atomic mass is 32.2. The van der Waals surface area contributed by atoms with Crippen LogP contribution >= 0.6 is 11.8 Å². The van der Waals surface area contributed by atoms with E-state index < -0.39 is 5.60 Å².